The van der Waals surface area contributed by atoms with Crippen LogP contribution < -0.4 is 0 Å². The van der Waals surface area contributed by atoms with E-state index in [0.29, 0.717) is 11.9 Å². The molecule has 134 valence electrons. The van der Waals surface area contributed by atoms with E-state index in [1.165, 1.54) is 43.2 Å². The second kappa shape index (κ2) is 5.33. The second-order valence-electron chi connectivity index (χ2n) is 9.67. The number of rotatable bonds is 3. The number of nitrogens with zero attached hydrogens (tertiary/aromatic N) is 2. The summed E-state index contributed by atoms with van der Waals surface area (Å²) in [6.45, 7) is 7.16. The first kappa shape index (κ1) is 15.9. The van der Waals surface area contributed by atoms with Crippen molar-refractivity contribution >= 4 is 5.91 Å². The minimum absolute atomic E-state index is 0.345. The molecule has 3 heteroatoms. The number of hydrazine groups is 1. The lowest BCUT2D eigenvalue weighted by Gasteiger charge is -2.65. The Morgan fingerprint density at radius 2 is 1.52 bits per heavy atom. The summed E-state index contributed by atoms with van der Waals surface area (Å²) in [6.07, 6.45) is 6.91. The van der Waals surface area contributed by atoms with Gasteiger partial charge >= 0.3 is 0 Å². The minimum Gasteiger partial charge on any atom is -0.271 e. The summed E-state index contributed by atoms with van der Waals surface area (Å²) in [6, 6.07) is 9.25. The van der Waals surface area contributed by atoms with Gasteiger partial charge in [-0.3, -0.25) is 9.80 Å². The topological polar surface area (TPSA) is 23.6 Å². The fraction of sp³-hybridized carbons (Fsp3) is 0.682. The molecule has 0 unspecified atom stereocenters. The molecule has 3 nitrogen and oxygen atoms in total. The number of amides is 1. The predicted molar refractivity (Wildman–Crippen MR) is 98.5 cm³/mol. The molecule has 25 heavy (non-hydrogen) atoms. The fourth-order valence-corrected chi connectivity index (χ4v) is 6.46. The third-order valence-corrected chi connectivity index (χ3v) is 7.55. The molecule has 6 rings (SSSR count). The Morgan fingerprint density at radius 1 is 0.960 bits per heavy atom. The van der Waals surface area contributed by atoms with Crippen LogP contribution in [0, 0.1) is 30.6 Å². The van der Waals surface area contributed by atoms with Gasteiger partial charge in [-0.25, -0.2) is 0 Å². The van der Waals surface area contributed by atoms with Gasteiger partial charge in [-0.1, -0.05) is 29.8 Å². The molecule has 0 aromatic heterocycles. The van der Waals surface area contributed by atoms with Gasteiger partial charge in [0.1, 0.15) is 5.54 Å². The van der Waals surface area contributed by atoms with Crippen molar-refractivity contribution in [2.75, 3.05) is 0 Å². The van der Waals surface area contributed by atoms with E-state index in [4.69, 9.17) is 0 Å². The van der Waals surface area contributed by atoms with Gasteiger partial charge in [0.25, 0.3) is 5.91 Å². The summed E-state index contributed by atoms with van der Waals surface area (Å²) in [4.78, 5) is 13.0. The first-order valence-corrected chi connectivity index (χ1v) is 10.1. The average molecular weight is 338 g/mol. The molecular formula is C22H30N2O. The summed E-state index contributed by atoms with van der Waals surface area (Å²) in [5, 5.41) is 4.57. The van der Waals surface area contributed by atoms with Gasteiger partial charge in [-0.15, -0.1) is 0 Å². The van der Waals surface area contributed by atoms with Crippen LogP contribution in [0.1, 0.15) is 57.1 Å². The Kier molecular flexibility index (Phi) is 3.38. The lowest BCUT2D eigenvalue weighted by Crippen LogP contribution is -2.79. The van der Waals surface area contributed by atoms with Gasteiger partial charge in [0.15, 0.2) is 0 Å². The summed E-state index contributed by atoms with van der Waals surface area (Å²) in [5.41, 5.74) is 2.24. The van der Waals surface area contributed by atoms with Crippen molar-refractivity contribution in [1.82, 2.24) is 10.0 Å². The summed E-state index contributed by atoms with van der Waals surface area (Å²) < 4.78 is 0. The maximum atomic E-state index is 13.0. The zero-order chi connectivity index (χ0) is 17.3. The van der Waals surface area contributed by atoms with Crippen LogP contribution >= 0.6 is 0 Å². The van der Waals surface area contributed by atoms with Crippen molar-refractivity contribution in [2.24, 2.45) is 23.7 Å². The average Bonchev–Trinajstić information content (AvgIpc) is 2.57. The molecule has 4 aliphatic carbocycles. The first-order chi connectivity index (χ1) is 11.9. The third kappa shape index (κ3) is 2.31. The number of carbonyl (C=O) groups excluding carboxylic acids is 1. The second-order valence-corrected chi connectivity index (χ2v) is 9.67. The molecule has 4 saturated carbocycles. The normalized spacial score (nSPS) is 38.9. The molecule has 0 spiro atoms. The Morgan fingerprint density at radius 3 is 2.08 bits per heavy atom. The van der Waals surface area contributed by atoms with Gasteiger partial charge in [0, 0.05) is 6.54 Å². The lowest BCUT2D eigenvalue weighted by molar-refractivity contribution is -0.251. The summed E-state index contributed by atoms with van der Waals surface area (Å²) in [5.74, 6) is 3.74. The van der Waals surface area contributed by atoms with E-state index in [1.807, 2.05) is 0 Å². The highest BCUT2D eigenvalue weighted by molar-refractivity contribution is 5.90. The number of benzene rings is 1. The molecule has 0 atom stereocenters. The van der Waals surface area contributed by atoms with E-state index < -0.39 is 0 Å². The first-order valence-electron chi connectivity index (χ1n) is 10.1. The number of hydrogen-bond donors (Lipinski definition) is 0. The van der Waals surface area contributed by atoms with E-state index in [1.54, 1.807) is 0 Å². The van der Waals surface area contributed by atoms with Crippen molar-refractivity contribution in [1.29, 1.82) is 0 Å². The lowest BCUT2D eigenvalue weighted by atomic mass is 9.53. The van der Waals surface area contributed by atoms with Crippen molar-refractivity contribution in [2.45, 2.75) is 71.0 Å². The molecule has 1 aromatic rings. The summed E-state index contributed by atoms with van der Waals surface area (Å²) in [7, 11) is 0. The molecular weight excluding hydrogens is 308 g/mol. The van der Waals surface area contributed by atoms with Gasteiger partial charge < -0.3 is 0 Å². The van der Waals surface area contributed by atoms with Crippen molar-refractivity contribution in [3.05, 3.63) is 35.4 Å². The standard InChI is InChI=1S/C22H30N2O/c1-14-4-6-15(7-5-14)13-23-22(2,3)21(25)24(23)20-18-9-16-8-17(11-18)12-19(20)10-16/h4-7,16-20H,8-13H2,1-3H3. The predicted octanol–water partition coefficient (Wildman–Crippen LogP) is 4.16. The molecule has 5 fully saturated rings. The van der Waals surface area contributed by atoms with Crippen LogP contribution in [0.5, 0.6) is 0 Å². The minimum atomic E-state index is -0.362. The van der Waals surface area contributed by atoms with Crippen LogP contribution in [-0.2, 0) is 11.3 Å². The Balaban J connectivity index is 1.41. The van der Waals surface area contributed by atoms with Crippen molar-refractivity contribution < 1.29 is 4.79 Å². The molecule has 1 aliphatic heterocycles. The van der Waals surface area contributed by atoms with E-state index in [9.17, 15) is 4.79 Å². The Bertz CT molecular complexity index is 664. The van der Waals surface area contributed by atoms with Crippen LogP contribution in [0.4, 0.5) is 0 Å². The van der Waals surface area contributed by atoms with Gasteiger partial charge in [0.2, 0.25) is 0 Å². The van der Waals surface area contributed by atoms with Gasteiger partial charge in [0.05, 0.1) is 6.04 Å². The monoisotopic (exact) mass is 338 g/mol. The van der Waals surface area contributed by atoms with E-state index in [-0.39, 0.29) is 5.54 Å². The van der Waals surface area contributed by atoms with Crippen molar-refractivity contribution in [3.63, 3.8) is 0 Å². The van der Waals surface area contributed by atoms with Crippen molar-refractivity contribution in [3.8, 4) is 0 Å². The van der Waals surface area contributed by atoms with Crippen LogP contribution in [0.15, 0.2) is 24.3 Å². The van der Waals surface area contributed by atoms with Crippen LogP contribution in [0.2, 0.25) is 0 Å². The zero-order valence-electron chi connectivity index (χ0n) is 15.7. The number of carbonyl (C=O) groups is 1. The maximum Gasteiger partial charge on any atom is 0.258 e. The Hall–Kier alpha value is -1.35. The largest absolute Gasteiger partial charge is 0.271 e. The highest BCUT2D eigenvalue weighted by Crippen LogP contribution is 2.57. The highest BCUT2D eigenvalue weighted by atomic mass is 16.2. The Labute approximate surface area is 151 Å². The fourth-order valence-electron chi connectivity index (χ4n) is 6.46. The smallest absolute Gasteiger partial charge is 0.258 e. The molecule has 1 amide bonds. The third-order valence-electron chi connectivity index (χ3n) is 7.55. The number of hydrogen-bond acceptors (Lipinski definition) is 2. The zero-order valence-corrected chi connectivity index (χ0v) is 15.7. The molecule has 1 heterocycles. The maximum absolute atomic E-state index is 13.0. The molecule has 5 aliphatic rings. The molecule has 1 aromatic carbocycles. The van der Waals surface area contributed by atoms with Gasteiger partial charge in [-0.05, 0) is 82.1 Å². The number of aryl methyl sites for hydroxylation is 1. The van der Waals surface area contributed by atoms with Crippen LogP contribution in [0.3, 0.4) is 0 Å². The van der Waals surface area contributed by atoms with E-state index in [0.717, 1.165) is 30.2 Å². The highest BCUT2D eigenvalue weighted by Gasteiger charge is 2.60. The SMILES string of the molecule is Cc1ccc(CN2N(C3C4CC5CC(C4)CC3C5)C(=O)C2(C)C)cc1. The molecule has 4 bridgehead atoms. The molecule has 0 radical (unpaired) electrons. The van der Waals surface area contributed by atoms with Crippen LogP contribution in [0.25, 0.3) is 0 Å². The van der Waals surface area contributed by atoms with Gasteiger partial charge in [-0.2, -0.15) is 5.01 Å². The van der Waals surface area contributed by atoms with E-state index >= 15 is 0 Å². The molecule has 0 N–H and O–H groups in total. The quantitative estimate of drug-likeness (QED) is 0.826. The van der Waals surface area contributed by atoms with E-state index in [2.05, 4.69) is 55.1 Å². The molecule has 1 saturated heterocycles. The summed E-state index contributed by atoms with van der Waals surface area (Å²) >= 11 is 0. The van der Waals surface area contributed by atoms with Crippen LogP contribution in [-0.4, -0.2) is 27.5 Å².